The number of aliphatic hydroxyl groups excluding tert-OH is 1. The molecule has 0 radical (unpaired) electrons. The van der Waals surface area contributed by atoms with Crippen LogP contribution in [0.15, 0.2) is 67.3 Å². The molecule has 0 aliphatic carbocycles. The fourth-order valence-electron chi connectivity index (χ4n) is 5.52. The van der Waals surface area contributed by atoms with Crippen molar-refractivity contribution in [3.63, 3.8) is 0 Å². The van der Waals surface area contributed by atoms with Crippen molar-refractivity contribution in [2.24, 2.45) is 5.92 Å². The van der Waals surface area contributed by atoms with Gasteiger partial charge in [0.05, 0.1) is 7.11 Å². The number of amides is 2. The number of rotatable bonds is 10. The Balaban J connectivity index is 0.00000353. The molecular weight excluding hydrogens is 516 g/mol. The highest BCUT2D eigenvalue weighted by Crippen LogP contribution is 2.32. The van der Waals surface area contributed by atoms with E-state index >= 15 is 0 Å². The first-order chi connectivity index (χ1) is 18.5. The average Bonchev–Trinajstić information content (AvgIpc) is 2.94. The molecule has 1 N–H and O–H groups in total. The number of halogens is 1. The van der Waals surface area contributed by atoms with Crippen molar-refractivity contribution in [2.45, 2.75) is 25.4 Å². The molecule has 0 bridgehead atoms. The van der Waals surface area contributed by atoms with Crippen molar-refractivity contribution in [3.05, 3.63) is 83.9 Å². The maximum Gasteiger partial charge on any atom is 0.261 e. The van der Waals surface area contributed by atoms with E-state index in [1.165, 1.54) is 4.90 Å². The van der Waals surface area contributed by atoms with E-state index in [2.05, 4.69) is 11.5 Å². The van der Waals surface area contributed by atoms with Gasteiger partial charge in [-0.1, -0.05) is 36.4 Å². The van der Waals surface area contributed by atoms with Crippen LogP contribution in [0.5, 0.6) is 11.5 Å². The van der Waals surface area contributed by atoms with Gasteiger partial charge in [-0.15, -0.1) is 19.0 Å². The third-order valence-corrected chi connectivity index (χ3v) is 7.51. The molecular formula is C31H35ClN2O5. The molecule has 5 rings (SSSR count). The number of aliphatic hydroxyl groups is 1. The van der Waals surface area contributed by atoms with E-state index in [9.17, 15) is 14.7 Å². The highest BCUT2D eigenvalue weighted by atomic mass is 35.5. The van der Waals surface area contributed by atoms with Crippen LogP contribution in [0.1, 0.15) is 39.1 Å². The van der Waals surface area contributed by atoms with Crippen LogP contribution in [0.4, 0.5) is 0 Å². The SMILES string of the molecule is C=CCc1ccc(OCC(O)CN2CCC(CN3C(=O)c4cccc5cccc(c45)C3=O)CC2)c(OC)c1.Cl. The number of nitrogens with zero attached hydrogens (tertiary/aromatic N) is 2. The molecule has 2 heterocycles. The molecule has 2 amide bonds. The molecule has 8 heteroatoms. The largest absolute Gasteiger partial charge is 0.493 e. The molecule has 3 aromatic rings. The van der Waals surface area contributed by atoms with Gasteiger partial charge < -0.3 is 19.5 Å². The lowest BCUT2D eigenvalue weighted by Gasteiger charge is -2.36. The maximum absolute atomic E-state index is 13.2. The van der Waals surface area contributed by atoms with E-state index in [4.69, 9.17) is 9.47 Å². The molecule has 0 aromatic heterocycles. The van der Waals surface area contributed by atoms with Crippen molar-refractivity contribution in [2.75, 3.05) is 39.9 Å². The van der Waals surface area contributed by atoms with Gasteiger partial charge in [-0.25, -0.2) is 0 Å². The normalized spacial score (nSPS) is 16.6. The Bertz CT molecular complexity index is 1300. The second-order valence-electron chi connectivity index (χ2n) is 10.1. The summed E-state index contributed by atoms with van der Waals surface area (Å²) in [7, 11) is 1.60. The van der Waals surface area contributed by atoms with Gasteiger partial charge in [-0.3, -0.25) is 14.5 Å². The number of imide groups is 1. The van der Waals surface area contributed by atoms with Crippen LogP contribution in [0.25, 0.3) is 10.8 Å². The Labute approximate surface area is 235 Å². The van der Waals surface area contributed by atoms with Crippen LogP contribution in [0.2, 0.25) is 0 Å². The number of likely N-dealkylation sites (tertiary alicyclic amines) is 1. The molecule has 0 saturated carbocycles. The summed E-state index contributed by atoms with van der Waals surface area (Å²) in [6.07, 6.45) is 3.65. The Morgan fingerprint density at radius 1 is 1.03 bits per heavy atom. The van der Waals surface area contributed by atoms with Crippen LogP contribution in [-0.2, 0) is 6.42 Å². The zero-order valence-corrected chi connectivity index (χ0v) is 23.0. The molecule has 0 spiro atoms. The van der Waals surface area contributed by atoms with Crippen LogP contribution < -0.4 is 9.47 Å². The number of ether oxygens (including phenoxy) is 2. The summed E-state index contributed by atoms with van der Waals surface area (Å²) < 4.78 is 11.3. The standard InChI is InChI=1S/C31H34N2O5.ClH/c1-3-6-21-11-12-27(28(17-21)37-2)38-20-24(34)19-32-15-13-22(14-16-32)18-33-30(35)25-9-4-7-23-8-5-10-26(29(23)25)31(33)36;/h3-5,7-12,17,22,24,34H,1,6,13-16,18-20H2,2H3;1H. The van der Waals surface area contributed by atoms with E-state index in [0.717, 1.165) is 48.7 Å². The van der Waals surface area contributed by atoms with Crippen molar-refractivity contribution in [3.8, 4) is 11.5 Å². The number of methoxy groups -OCH3 is 1. The van der Waals surface area contributed by atoms with Crippen LogP contribution in [-0.4, -0.2) is 72.7 Å². The smallest absolute Gasteiger partial charge is 0.261 e. The van der Waals surface area contributed by atoms with E-state index in [-0.39, 0.29) is 36.7 Å². The first kappa shape index (κ1) is 28.6. The van der Waals surface area contributed by atoms with Gasteiger partial charge in [0.1, 0.15) is 12.7 Å². The summed E-state index contributed by atoms with van der Waals surface area (Å²) in [4.78, 5) is 30.1. The average molecular weight is 551 g/mol. The lowest BCUT2D eigenvalue weighted by atomic mass is 9.91. The van der Waals surface area contributed by atoms with E-state index < -0.39 is 6.10 Å². The first-order valence-electron chi connectivity index (χ1n) is 13.2. The maximum atomic E-state index is 13.2. The highest BCUT2D eigenvalue weighted by molar-refractivity contribution is 6.25. The summed E-state index contributed by atoms with van der Waals surface area (Å²) in [5, 5.41) is 12.3. The number of carbonyl (C=O) groups is 2. The molecule has 2 aliphatic rings. The molecule has 39 heavy (non-hydrogen) atoms. The molecule has 1 unspecified atom stereocenters. The lowest BCUT2D eigenvalue weighted by molar-refractivity contribution is 0.0450. The summed E-state index contributed by atoms with van der Waals surface area (Å²) in [6.45, 7) is 6.44. The van der Waals surface area contributed by atoms with Crippen molar-refractivity contribution in [1.29, 1.82) is 0 Å². The molecule has 7 nitrogen and oxygen atoms in total. The molecule has 2 aliphatic heterocycles. The highest BCUT2D eigenvalue weighted by Gasteiger charge is 2.35. The number of piperidine rings is 1. The van der Waals surface area contributed by atoms with Gasteiger partial charge in [0, 0.05) is 29.6 Å². The number of benzene rings is 3. The minimum Gasteiger partial charge on any atom is -0.493 e. The Morgan fingerprint density at radius 2 is 1.69 bits per heavy atom. The quantitative estimate of drug-likeness (QED) is 0.290. The van der Waals surface area contributed by atoms with Crippen molar-refractivity contribution in [1.82, 2.24) is 9.80 Å². The molecule has 206 valence electrons. The van der Waals surface area contributed by atoms with Crippen molar-refractivity contribution < 1.29 is 24.2 Å². The Kier molecular flexibility index (Phi) is 9.28. The molecule has 3 aromatic carbocycles. The topological polar surface area (TPSA) is 79.3 Å². The summed E-state index contributed by atoms with van der Waals surface area (Å²) in [5.74, 6) is 1.06. The van der Waals surface area contributed by atoms with Gasteiger partial charge in [0.2, 0.25) is 0 Å². The van der Waals surface area contributed by atoms with Gasteiger partial charge in [-0.05, 0) is 73.5 Å². The van der Waals surface area contributed by atoms with Gasteiger partial charge >= 0.3 is 0 Å². The van der Waals surface area contributed by atoms with Crippen molar-refractivity contribution >= 4 is 35.0 Å². The van der Waals surface area contributed by atoms with Crippen LogP contribution in [0, 0.1) is 5.92 Å². The van der Waals surface area contributed by atoms with Crippen LogP contribution >= 0.6 is 12.4 Å². The van der Waals surface area contributed by atoms with Gasteiger partial charge in [-0.2, -0.15) is 0 Å². The third kappa shape index (κ3) is 6.11. The predicted octanol–water partition coefficient (Wildman–Crippen LogP) is 4.75. The fourth-order valence-corrected chi connectivity index (χ4v) is 5.52. The third-order valence-electron chi connectivity index (χ3n) is 7.51. The molecule has 1 atom stereocenters. The Hall–Kier alpha value is -3.39. The van der Waals surface area contributed by atoms with E-state index in [1.54, 1.807) is 7.11 Å². The van der Waals surface area contributed by atoms with E-state index in [0.29, 0.717) is 35.7 Å². The second-order valence-corrected chi connectivity index (χ2v) is 10.1. The fraction of sp³-hybridized carbons (Fsp3) is 0.355. The first-order valence-corrected chi connectivity index (χ1v) is 13.2. The molecule has 1 fully saturated rings. The summed E-state index contributed by atoms with van der Waals surface area (Å²) in [6, 6.07) is 17.0. The number of hydrogen-bond acceptors (Lipinski definition) is 6. The zero-order chi connectivity index (χ0) is 26.6. The number of carbonyl (C=O) groups excluding carboxylic acids is 2. The minimum atomic E-state index is -0.647. The monoisotopic (exact) mass is 550 g/mol. The van der Waals surface area contributed by atoms with E-state index in [1.807, 2.05) is 60.7 Å². The predicted molar refractivity (Wildman–Crippen MR) is 154 cm³/mol. The molecule has 1 saturated heterocycles. The Morgan fingerprint density at radius 3 is 2.31 bits per heavy atom. The zero-order valence-electron chi connectivity index (χ0n) is 22.2. The number of allylic oxidation sites excluding steroid dienone is 1. The second kappa shape index (κ2) is 12.6. The number of β-amino-alcohol motifs (C(OH)–C–C–N with tert-alkyl or cyclic N) is 1. The van der Waals surface area contributed by atoms with Gasteiger partial charge in [0.25, 0.3) is 11.8 Å². The number of hydrogen-bond donors (Lipinski definition) is 1. The lowest BCUT2D eigenvalue weighted by Crippen LogP contribution is -2.46. The summed E-state index contributed by atoms with van der Waals surface area (Å²) in [5.41, 5.74) is 2.29. The van der Waals surface area contributed by atoms with Crippen LogP contribution in [0.3, 0.4) is 0 Å². The minimum absolute atomic E-state index is 0. The van der Waals surface area contributed by atoms with Gasteiger partial charge in [0.15, 0.2) is 11.5 Å². The summed E-state index contributed by atoms with van der Waals surface area (Å²) >= 11 is 0.